The minimum Gasteiger partial charge on any atom is -0.383 e. The molecule has 0 radical (unpaired) electrons. The highest BCUT2D eigenvalue weighted by Gasteiger charge is 2.11. The molecule has 94 valence electrons. The van der Waals surface area contributed by atoms with Crippen LogP contribution >= 0.6 is 0 Å². The maximum Gasteiger partial charge on any atom is 0.255 e. The number of hydrogen-bond acceptors (Lipinski definition) is 4. The van der Waals surface area contributed by atoms with Crippen molar-refractivity contribution in [2.75, 3.05) is 12.3 Å². The van der Waals surface area contributed by atoms with E-state index in [-0.39, 0.29) is 11.4 Å². The van der Waals surface area contributed by atoms with Crippen molar-refractivity contribution in [1.29, 1.82) is 0 Å². The van der Waals surface area contributed by atoms with E-state index in [9.17, 15) is 9.18 Å². The maximum atomic E-state index is 12.9. The summed E-state index contributed by atoms with van der Waals surface area (Å²) in [6, 6.07) is 1.06. The van der Waals surface area contributed by atoms with Gasteiger partial charge in [0.05, 0.1) is 18.1 Å². The lowest BCUT2D eigenvalue weighted by Crippen LogP contribution is -2.28. The quantitative estimate of drug-likeness (QED) is 0.822. The predicted octanol–water partition coefficient (Wildman–Crippen LogP) is 0.429. The molecule has 0 saturated heterocycles. The molecule has 0 fully saturated rings. The predicted molar refractivity (Wildman–Crippen MR) is 63.2 cm³/mol. The lowest BCUT2D eigenvalue weighted by atomic mass is 10.2. The highest BCUT2D eigenvalue weighted by Crippen LogP contribution is 2.09. The van der Waals surface area contributed by atoms with Crippen LogP contribution in [0, 0.1) is 5.82 Å². The van der Waals surface area contributed by atoms with E-state index in [0.29, 0.717) is 13.1 Å². The maximum absolute atomic E-state index is 12.9. The van der Waals surface area contributed by atoms with Crippen molar-refractivity contribution in [3.8, 4) is 0 Å². The average Bonchev–Trinajstić information content (AvgIpc) is 2.85. The number of carbonyl (C=O) groups is 1. The zero-order valence-corrected chi connectivity index (χ0v) is 9.51. The molecule has 0 spiro atoms. The molecular formula is C11H12FN5O. The first kappa shape index (κ1) is 12.0. The molecule has 18 heavy (non-hydrogen) atoms. The van der Waals surface area contributed by atoms with Crippen LogP contribution in [0.4, 0.5) is 10.2 Å². The van der Waals surface area contributed by atoms with Crippen LogP contribution in [0.2, 0.25) is 0 Å². The van der Waals surface area contributed by atoms with E-state index in [1.165, 1.54) is 0 Å². The van der Waals surface area contributed by atoms with Gasteiger partial charge in [-0.3, -0.25) is 4.79 Å². The van der Waals surface area contributed by atoms with E-state index in [0.717, 1.165) is 12.3 Å². The molecule has 0 atom stereocenters. The van der Waals surface area contributed by atoms with Gasteiger partial charge in [0.25, 0.3) is 5.91 Å². The average molecular weight is 249 g/mol. The minimum atomic E-state index is -0.594. The fraction of sp³-hybridized carbons (Fsp3) is 0.182. The Morgan fingerprint density at radius 1 is 1.56 bits per heavy atom. The van der Waals surface area contributed by atoms with Crippen LogP contribution in [0.15, 0.2) is 31.0 Å². The second-order valence-electron chi connectivity index (χ2n) is 3.64. The topological polar surface area (TPSA) is 85.8 Å². The second-order valence-corrected chi connectivity index (χ2v) is 3.64. The number of amides is 1. The summed E-state index contributed by atoms with van der Waals surface area (Å²) in [7, 11) is 0. The van der Waals surface area contributed by atoms with Crippen molar-refractivity contribution in [3.63, 3.8) is 0 Å². The first-order chi connectivity index (χ1) is 8.66. The van der Waals surface area contributed by atoms with Crippen LogP contribution in [0.3, 0.4) is 0 Å². The van der Waals surface area contributed by atoms with Gasteiger partial charge in [-0.1, -0.05) is 0 Å². The smallest absolute Gasteiger partial charge is 0.255 e. The van der Waals surface area contributed by atoms with Gasteiger partial charge in [0.15, 0.2) is 0 Å². The van der Waals surface area contributed by atoms with Gasteiger partial charge in [-0.15, -0.1) is 0 Å². The summed E-state index contributed by atoms with van der Waals surface area (Å²) < 4.78 is 14.8. The number of nitrogens with two attached hydrogens (primary N) is 1. The molecule has 0 unspecified atom stereocenters. The van der Waals surface area contributed by atoms with Crippen LogP contribution in [-0.2, 0) is 6.54 Å². The van der Waals surface area contributed by atoms with E-state index >= 15 is 0 Å². The van der Waals surface area contributed by atoms with E-state index in [4.69, 9.17) is 5.73 Å². The number of hydrogen-bond donors (Lipinski definition) is 2. The number of nitrogen functional groups attached to an aromatic ring is 1. The van der Waals surface area contributed by atoms with Gasteiger partial charge in [0, 0.05) is 25.5 Å². The molecule has 0 aliphatic rings. The molecule has 2 heterocycles. The molecule has 0 bridgehead atoms. The summed E-state index contributed by atoms with van der Waals surface area (Å²) in [5.41, 5.74) is 5.55. The van der Waals surface area contributed by atoms with Crippen molar-refractivity contribution >= 4 is 11.7 Å². The third kappa shape index (κ3) is 2.82. The summed E-state index contributed by atoms with van der Waals surface area (Å²) >= 11 is 0. The Morgan fingerprint density at radius 2 is 2.39 bits per heavy atom. The Kier molecular flexibility index (Phi) is 3.52. The highest BCUT2D eigenvalue weighted by molar-refractivity contribution is 5.98. The van der Waals surface area contributed by atoms with Crippen LogP contribution < -0.4 is 11.1 Å². The monoisotopic (exact) mass is 249 g/mol. The van der Waals surface area contributed by atoms with Crippen molar-refractivity contribution < 1.29 is 9.18 Å². The molecule has 7 heteroatoms. The van der Waals surface area contributed by atoms with Crippen LogP contribution in [-0.4, -0.2) is 27.0 Å². The standard InChI is InChI=1S/C11H12FN5O/c12-8-5-9(10(13)16-6-8)11(18)15-2-4-17-3-1-14-7-17/h1,3,5-7H,2,4H2,(H2,13,16)(H,15,18). The van der Waals surface area contributed by atoms with Crippen molar-refractivity contribution in [1.82, 2.24) is 19.9 Å². The zero-order valence-electron chi connectivity index (χ0n) is 9.51. The summed E-state index contributed by atoms with van der Waals surface area (Å²) in [6.45, 7) is 0.972. The molecule has 2 rings (SSSR count). The van der Waals surface area contributed by atoms with Crippen molar-refractivity contribution in [3.05, 3.63) is 42.4 Å². The summed E-state index contributed by atoms with van der Waals surface area (Å²) in [5, 5.41) is 2.63. The Labute approximate surface area is 103 Å². The number of anilines is 1. The fourth-order valence-electron chi connectivity index (χ4n) is 1.44. The molecule has 6 nitrogen and oxygen atoms in total. The molecule has 0 aliphatic carbocycles. The molecule has 0 saturated carbocycles. The fourth-order valence-corrected chi connectivity index (χ4v) is 1.44. The van der Waals surface area contributed by atoms with Gasteiger partial charge in [-0.05, 0) is 6.07 Å². The number of aromatic nitrogens is 3. The third-order valence-corrected chi connectivity index (χ3v) is 2.34. The SMILES string of the molecule is Nc1ncc(F)cc1C(=O)NCCn1ccnc1. The Bertz CT molecular complexity index is 540. The minimum absolute atomic E-state index is 0.0107. The van der Waals surface area contributed by atoms with Crippen molar-refractivity contribution in [2.45, 2.75) is 6.54 Å². The largest absolute Gasteiger partial charge is 0.383 e. The Hall–Kier alpha value is -2.44. The summed E-state index contributed by atoms with van der Waals surface area (Å²) in [5.74, 6) is -1.03. The molecule has 0 aliphatic heterocycles. The second kappa shape index (κ2) is 5.26. The Balaban J connectivity index is 1.93. The molecule has 0 aromatic carbocycles. The Morgan fingerprint density at radius 3 is 3.11 bits per heavy atom. The van der Waals surface area contributed by atoms with E-state index in [1.54, 1.807) is 18.7 Å². The van der Waals surface area contributed by atoms with E-state index < -0.39 is 11.7 Å². The summed E-state index contributed by atoms with van der Waals surface area (Å²) in [4.78, 5) is 19.2. The number of rotatable bonds is 4. The molecule has 3 N–H and O–H groups in total. The van der Waals surface area contributed by atoms with Crippen LogP contribution in [0.1, 0.15) is 10.4 Å². The van der Waals surface area contributed by atoms with Crippen LogP contribution in [0.5, 0.6) is 0 Å². The molecule has 2 aromatic rings. The highest BCUT2D eigenvalue weighted by atomic mass is 19.1. The van der Waals surface area contributed by atoms with E-state index in [2.05, 4.69) is 15.3 Å². The number of nitrogens with one attached hydrogen (secondary N) is 1. The van der Waals surface area contributed by atoms with Gasteiger partial charge >= 0.3 is 0 Å². The normalized spacial score (nSPS) is 10.3. The number of pyridine rings is 1. The third-order valence-electron chi connectivity index (χ3n) is 2.34. The van der Waals surface area contributed by atoms with Crippen LogP contribution in [0.25, 0.3) is 0 Å². The van der Waals surface area contributed by atoms with Gasteiger partial charge < -0.3 is 15.6 Å². The molecular weight excluding hydrogens is 237 g/mol. The number of imidazole rings is 1. The number of halogens is 1. The lowest BCUT2D eigenvalue weighted by Gasteiger charge is -2.07. The first-order valence-corrected chi connectivity index (χ1v) is 5.32. The van der Waals surface area contributed by atoms with E-state index in [1.807, 2.05) is 4.57 Å². The number of carbonyl (C=O) groups excluding carboxylic acids is 1. The van der Waals surface area contributed by atoms with Crippen molar-refractivity contribution in [2.24, 2.45) is 0 Å². The van der Waals surface area contributed by atoms with Gasteiger partial charge in [-0.25, -0.2) is 14.4 Å². The van der Waals surface area contributed by atoms with Gasteiger partial charge in [0.1, 0.15) is 11.6 Å². The summed E-state index contributed by atoms with van der Waals surface area (Å²) in [6.07, 6.45) is 6.04. The van der Waals surface area contributed by atoms with Gasteiger partial charge in [0.2, 0.25) is 0 Å². The first-order valence-electron chi connectivity index (χ1n) is 5.32. The zero-order chi connectivity index (χ0) is 13.0. The molecule has 1 amide bonds. The molecule has 2 aromatic heterocycles. The number of nitrogens with zero attached hydrogens (tertiary/aromatic N) is 3. The van der Waals surface area contributed by atoms with Gasteiger partial charge in [-0.2, -0.15) is 0 Å². The lowest BCUT2D eigenvalue weighted by molar-refractivity contribution is 0.0952.